The number of aromatic nitrogens is 1. The first-order valence-electron chi connectivity index (χ1n) is 14.7. The van der Waals surface area contributed by atoms with Gasteiger partial charge in [0.1, 0.15) is 5.60 Å². The number of nitrogens with zero attached hydrogens (tertiary/aromatic N) is 1. The maximum absolute atomic E-state index is 12.9. The molecule has 0 bridgehead atoms. The van der Waals surface area contributed by atoms with Gasteiger partial charge >= 0.3 is 5.97 Å². The number of Topliss-reactive ketones (excluding diaryl/α,β-unsaturated/α-hetero) is 1. The molecule has 6 heteroatoms. The Labute approximate surface area is 253 Å². The van der Waals surface area contributed by atoms with E-state index in [1.54, 1.807) is 24.3 Å². The monoisotopic (exact) mass is 574 g/mol. The zero-order chi connectivity index (χ0) is 30.7. The molecule has 1 atom stereocenters. The minimum absolute atomic E-state index is 0.0437. The van der Waals surface area contributed by atoms with Crippen molar-refractivity contribution in [3.05, 3.63) is 130 Å². The Balaban J connectivity index is 1.31. The van der Waals surface area contributed by atoms with Gasteiger partial charge in [0, 0.05) is 45.8 Å². The van der Waals surface area contributed by atoms with Gasteiger partial charge in [0.15, 0.2) is 5.78 Å². The highest BCUT2D eigenvalue weighted by Gasteiger charge is 2.27. The molecular formula is C37H38N2O4. The van der Waals surface area contributed by atoms with E-state index in [2.05, 4.69) is 54.1 Å². The van der Waals surface area contributed by atoms with Crippen LogP contribution in [0.1, 0.15) is 76.2 Å². The van der Waals surface area contributed by atoms with Crippen molar-refractivity contribution < 1.29 is 19.1 Å². The lowest BCUT2D eigenvalue weighted by molar-refractivity contribution is -0.150. The molecule has 0 saturated carbocycles. The van der Waals surface area contributed by atoms with Crippen LogP contribution in [0.2, 0.25) is 0 Å². The van der Waals surface area contributed by atoms with Crippen molar-refractivity contribution in [3.63, 3.8) is 0 Å². The van der Waals surface area contributed by atoms with Gasteiger partial charge in [0.25, 0.3) is 5.91 Å². The maximum Gasteiger partial charge on any atom is 0.335 e. The van der Waals surface area contributed by atoms with E-state index in [9.17, 15) is 14.4 Å². The number of benzene rings is 3. The Morgan fingerprint density at radius 2 is 1.65 bits per heavy atom. The van der Waals surface area contributed by atoms with Gasteiger partial charge in [0.2, 0.25) is 0 Å². The Hall–Kier alpha value is -4.71. The third-order valence-corrected chi connectivity index (χ3v) is 7.92. The smallest absolute Gasteiger partial charge is 0.335 e. The van der Waals surface area contributed by atoms with Gasteiger partial charge in [-0.2, -0.15) is 0 Å². The summed E-state index contributed by atoms with van der Waals surface area (Å²) in [6, 6.07) is 23.1. The van der Waals surface area contributed by atoms with Crippen LogP contribution in [0.5, 0.6) is 0 Å². The standard InChI is InChI=1S/C37H38N2O4/c1-24-25(2)39(33-20-19-29(21-32(24)33)35(41)38-22-34(40)28-11-7-6-8-12-28)23-26-15-17-27(18-16-26)30-13-9-10-14-31(30)36(42)43-37(3,4)5/h6-12,14-21,30H,13,22-23H2,1-5H3,(H,38,41). The van der Waals surface area contributed by atoms with Gasteiger partial charge in [-0.05, 0) is 75.9 Å². The van der Waals surface area contributed by atoms with Crippen molar-refractivity contribution >= 4 is 28.6 Å². The van der Waals surface area contributed by atoms with E-state index in [1.165, 1.54) is 0 Å². The maximum atomic E-state index is 12.9. The second kappa shape index (κ2) is 12.3. The summed E-state index contributed by atoms with van der Waals surface area (Å²) in [4.78, 5) is 38.2. The largest absolute Gasteiger partial charge is 0.457 e. The Morgan fingerprint density at radius 3 is 2.35 bits per heavy atom. The summed E-state index contributed by atoms with van der Waals surface area (Å²) in [6.07, 6.45) is 6.62. The van der Waals surface area contributed by atoms with E-state index >= 15 is 0 Å². The number of amides is 1. The molecule has 0 fully saturated rings. The molecule has 0 aliphatic heterocycles. The van der Waals surface area contributed by atoms with Crippen LogP contribution >= 0.6 is 0 Å². The molecule has 1 aromatic heterocycles. The quantitative estimate of drug-likeness (QED) is 0.178. The number of ether oxygens (including phenoxy) is 1. The Bertz CT molecular complexity index is 1740. The second-order valence-electron chi connectivity index (χ2n) is 12.1. The lowest BCUT2D eigenvalue weighted by Gasteiger charge is -2.25. The molecule has 1 unspecified atom stereocenters. The number of nitrogens with one attached hydrogen (secondary N) is 1. The molecule has 1 aliphatic carbocycles. The fraction of sp³-hybridized carbons (Fsp3) is 0.270. The van der Waals surface area contributed by atoms with E-state index in [0.29, 0.717) is 23.2 Å². The highest BCUT2D eigenvalue weighted by atomic mass is 16.6. The predicted octanol–water partition coefficient (Wildman–Crippen LogP) is 7.23. The summed E-state index contributed by atoms with van der Waals surface area (Å²) < 4.78 is 7.93. The van der Waals surface area contributed by atoms with Gasteiger partial charge in [0.05, 0.1) is 6.54 Å². The zero-order valence-electron chi connectivity index (χ0n) is 25.4. The highest BCUT2D eigenvalue weighted by Crippen LogP contribution is 2.34. The number of allylic oxidation sites excluding steroid dienone is 3. The van der Waals surface area contributed by atoms with E-state index in [4.69, 9.17) is 4.74 Å². The average molecular weight is 575 g/mol. The van der Waals surface area contributed by atoms with Crippen molar-refractivity contribution in [2.24, 2.45) is 0 Å². The zero-order valence-corrected chi connectivity index (χ0v) is 25.4. The number of carbonyl (C=O) groups excluding carboxylic acids is 3. The Morgan fingerprint density at radius 1 is 0.930 bits per heavy atom. The topological polar surface area (TPSA) is 77.4 Å². The summed E-state index contributed by atoms with van der Waals surface area (Å²) in [5.74, 6) is -0.718. The van der Waals surface area contributed by atoms with Crippen molar-refractivity contribution in [2.75, 3.05) is 6.54 Å². The fourth-order valence-electron chi connectivity index (χ4n) is 5.51. The summed E-state index contributed by atoms with van der Waals surface area (Å²) >= 11 is 0. The van der Waals surface area contributed by atoms with Gasteiger partial charge in [-0.1, -0.05) is 72.8 Å². The average Bonchev–Trinajstić information content (AvgIpc) is 3.23. The molecule has 1 aliphatic rings. The molecule has 6 nitrogen and oxygen atoms in total. The first-order chi connectivity index (χ1) is 20.5. The third kappa shape index (κ3) is 6.69. The first kappa shape index (κ1) is 29.8. The molecule has 5 rings (SSSR count). The number of carbonyl (C=O) groups is 3. The molecule has 43 heavy (non-hydrogen) atoms. The summed E-state index contributed by atoms with van der Waals surface area (Å²) in [7, 11) is 0. The van der Waals surface area contributed by atoms with Crippen LogP contribution in [0, 0.1) is 13.8 Å². The molecule has 4 aromatic rings. The number of esters is 1. The lowest BCUT2D eigenvalue weighted by atomic mass is 9.85. The summed E-state index contributed by atoms with van der Waals surface area (Å²) in [5, 5.41) is 3.77. The van der Waals surface area contributed by atoms with Crippen LogP contribution in [0.15, 0.2) is 96.6 Å². The van der Waals surface area contributed by atoms with Gasteiger partial charge < -0.3 is 14.6 Å². The van der Waals surface area contributed by atoms with E-state index < -0.39 is 5.60 Å². The first-order valence-corrected chi connectivity index (χ1v) is 14.7. The summed E-state index contributed by atoms with van der Waals surface area (Å²) in [6.45, 7) is 10.4. The highest BCUT2D eigenvalue weighted by molar-refractivity contribution is 6.03. The van der Waals surface area contributed by atoms with Gasteiger partial charge in [-0.25, -0.2) is 4.79 Å². The molecule has 0 radical (unpaired) electrons. The molecule has 0 spiro atoms. The number of fused-ring (bicyclic) bond motifs is 1. The van der Waals surface area contributed by atoms with Crippen LogP contribution in [0.3, 0.4) is 0 Å². The van der Waals surface area contributed by atoms with Crippen molar-refractivity contribution in [3.8, 4) is 0 Å². The van der Waals surface area contributed by atoms with E-state index in [1.807, 2.05) is 57.2 Å². The second-order valence-corrected chi connectivity index (χ2v) is 12.1. The van der Waals surface area contributed by atoms with Crippen LogP contribution in [-0.2, 0) is 16.1 Å². The minimum Gasteiger partial charge on any atom is -0.457 e. The number of hydrogen-bond acceptors (Lipinski definition) is 4. The van der Waals surface area contributed by atoms with Crippen molar-refractivity contribution in [1.82, 2.24) is 9.88 Å². The third-order valence-electron chi connectivity index (χ3n) is 7.92. The molecule has 220 valence electrons. The minimum atomic E-state index is -0.547. The number of ketones is 1. The predicted molar refractivity (Wildman–Crippen MR) is 170 cm³/mol. The normalized spacial score (nSPS) is 14.8. The van der Waals surface area contributed by atoms with Gasteiger partial charge in [-0.3, -0.25) is 9.59 Å². The number of aryl methyl sites for hydroxylation is 1. The number of hydrogen-bond donors (Lipinski definition) is 1. The van der Waals surface area contributed by atoms with Crippen molar-refractivity contribution in [1.29, 1.82) is 0 Å². The molecule has 1 amide bonds. The molecule has 1 N–H and O–H groups in total. The fourth-order valence-corrected chi connectivity index (χ4v) is 5.51. The van der Waals surface area contributed by atoms with E-state index in [-0.39, 0.29) is 30.1 Å². The van der Waals surface area contributed by atoms with Crippen LogP contribution in [-0.4, -0.2) is 34.4 Å². The molecule has 3 aromatic carbocycles. The van der Waals surface area contributed by atoms with Crippen LogP contribution in [0.25, 0.3) is 10.9 Å². The van der Waals surface area contributed by atoms with Gasteiger partial charge in [-0.15, -0.1) is 0 Å². The Kier molecular flexibility index (Phi) is 8.49. The van der Waals surface area contributed by atoms with Crippen LogP contribution < -0.4 is 5.32 Å². The number of rotatable bonds is 8. The molecular weight excluding hydrogens is 536 g/mol. The van der Waals surface area contributed by atoms with Crippen LogP contribution in [0.4, 0.5) is 0 Å². The SMILES string of the molecule is Cc1c(C)n(Cc2ccc(C3CC=CC=C3C(=O)OC(C)(C)C)cc2)c2ccc(C(=O)NCC(=O)c3ccccc3)cc12. The molecule has 1 heterocycles. The van der Waals surface area contributed by atoms with Crippen molar-refractivity contribution in [2.45, 2.75) is 59.1 Å². The van der Waals surface area contributed by atoms with E-state index in [0.717, 1.165) is 39.7 Å². The summed E-state index contributed by atoms with van der Waals surface area (Å²) in [5.41, 5.74) is 6.73. The lowest BCUT2D eigenvalue weighted by Crippen LogP contribution is -2.29. The molecule has 0 saturated heterocycles.